The molecule has 0 radical (unpaired) electrons. The highest BCUT2D eigenvalue weighted by atomic mass is 79.9. The molecule has 16 heavy (non-hydrogen) atoms. The van der Waals surface area contributed by atoms with E-state index in [2.05, 4.69) is 15.9 Å². The number of amides is 1. The maximum Gasteiger partial charge on any atom is 0.383 e. The highest BCUT2D eigenvalue weighted by molar-refractivity contribution is 9.11. The van der Waals surface area contributed by atoms with E-state index in [0.717, 1.165) is 3.79 Å². The summed E-state index contributed by atoms with van der Waals surface area (Å²) >= 11 is 4.36. The first kappa shape index (κ1) is 13.4. The molecule has 1 aromatic rings. The van der Waals surface area contributed by atoms with Crippen molar-refractivity contribution in [2.24, 2.45) is 0 Å². The summed E-state index contributed by atoms with van der Waals surface area (Å²) in [6.07, 6.45) is -4.00. The van der Waals surface area contributed by atoms with Crippen molar-refractivity contribution in [2.75, 3.05) is 0 Å². The molecule has 1 rings (SSSR count). The highest BCUT2D eigenvalue weighted by Gasteiger charge is 2.48. The number of nitrogens with one attached hydrogen (secondary N) is 1. The van der Waals surface area contributed by atoms with Crippen LogP contribution in [0.15, 0.2) is 15.9 Å². The topological polar surface area (TPSA) is 29.1 Å². The van der Waals surface area contributed by atoms with Crippen LogP contribution in [0.1, 0.15) is 4.88 Å². The molecule has 2 nitrogen and oxygen atoms in total. The SMILES string of the molecule is O=C(NCc1ccc(Br)s1)C(F)(F)C(F)F. The molecular formula is C8H6BrF4NOS. The smallest absolute Gasteiger partial charge is 0.346 e. The normalized spacial score (nSPS) is 11.9. The minimum absolute atomic E-state index is 0.197. The standard InChI is InChI=1S/C8H6BrF4NOS/c9-5-2-1-4(16-5)3-14-7(15)8(12,13)6(10)11/h1-2,6H,3H2,(H,14,15). The lowest BCUT2D eigenvalue weighted by atomic mass is 10.3. The van der Waals surface area contributed by atoms with Gasteiger partial charge in [-0.2, -0.15) is 8.78 Å². The summed E-state index contributed by atoms with van der Waals surface area (Å²) in [6, 6.07) is 3.26. The highest BCUT2D eigenvalue weighted by Crippen LogP contribution is 2.24. The molecule has 0 fully saturated rings. The predicted molar refractivity (Wildman–Crippen MR) is 54.8 cm³/mol. The summed E-state index contributed by atoms with van der Waals surface area (Å²) in [5.41, 5.74) is 0. The van der Waals surface area contributed by atoms with Gasteiger partial charge in [-0.15, -0.1) is 11.3 Å². The molecule has 1 heterocycles. The van der Waals surface area contributed by atoms with Crippen LogP contribution in [0.25, 0.3) is 0 Å². The van der Waals surface area contributed by atoms with Crippen molar-refractivity contribution in [3.8, 4) is 0 Å². The van der Waals surface area contributed by atoms with Crippen LogP contribution < -0.4 is 5.32 Å². The number of halogens is 5. The van der Waals surface area contributed by atoms with Crippen molar-refractivity contribution in [2.45, 2.75) is 18.9 Å². The molecule has 0 aliphatic heterocycles. The molecule has 0 saturated carbocycles. The van der Waals surface area contributed by atoms with Gasteiger partial charge >= 0.3 is 12.3 Å². The molecule has 0 atom stereocenters. The molecule has 1 amide bonds. The Bertz CT molecular complexity index is 382. The maximum atomic E-state index is 12.5. The van der Waals surface area contributed by atoms with Gasteiger partial charge in [-0.25, -0.2) is 8.78 Å². The zero-order chi connectivity index (χ0) is 12.3. The predicted octanol–water partition coefficient (Wildman–Crippen LogP) is 3.03. The summed E-state index contributed by atoms with van der Waals surface area (Å²) in [6.45, 7) is -0.197. The van der Waals surface area contributed by atoms with Gasteiger partial charge in [0.05, 0.1) is 10.3 Å². The van der Waals surface area contributed by atoms with Gasteiger partial charge in [0.25, 0.3) is 5.91 Å². The number of carbonyl (C=O) groups is 1. The summed E-state index contributed by atoms with van der Waals surface area (Å²) in [7, 11) is 0. The van der Waals surface area contributed by atoms with Gasteiger partial charge in [-0.1, -0.05) is 0 Å². The van der Waals surface area contributed by atoms with Crippen LogP contribution in [-0.2, 0) is 11.3 Å². The van der Waals surface area contributed by atoms with Crippen LogP contribution in [0.4, 0.5) is 17.6 Å². The molecule has 0 unspecified atom stereocenters. The number of hydrogen-bond acceptors (Lipinski definition) is 2. The van der Waals surface area contributed by atoms with Gasteiger partial charge in [-0.05, 0) is 28.1 Å². The van der Waals surface area contributed by atoms with Crippen LogP contribution in [-0.4, -0.2) is 18.3 Å². The monoisotopic (exact) mass is 319 g/mol. The van der Waals surface area contributed by atoms with Crippen LogP contribution in [0.5, 0.6) is 0 Å². The molecular weight excluding hydrogens is 314 g/mol. The number of carbonyl (C=O) groups excluding carboxylic acids is 1. The first-order valence-corrected chi connectivity index (χ1v) is 5.63. The molecule has 0 aromatic carbocycles. The molecule has 0 spiro atoms. The van der Waals surface area contributed by atoms with Crippen molar-refractivity contribution in [1.82, 2.24) is 5.32 Å². The van der Waals surface area contributed by atoms with E-state index in [-0.39, 0.29) is 6.54 Å². The Balaban J connectivity index is 2.53. The van der Waals surface area contributed by atoms with Crippen molar-refractivity contribution in [1.29, 1.82) is 0 Å². The van der Waals surface area contributed by atoms with Gasteiger partial charge in [0.2, 0.25) is 0 Å². The fourth-order valence-electron chi connectivity index (χ4n) is 0.831. The van der Waals surface area contributed by atoms with Crippen molar-refractivity contribution < 1.29 is 22.4 Å². The summed E-state index contributed by atoms with van der Waals surface area (Å²) < 4.78 is 49.3. The van der Waals surface area contributed by atoms with E-state index in [4.69, 9.17) is 0 Å². The van der Waals surface area contributed by atoms with Crippen molar-refractivity contribution in [3.63, 3.8) is 0 Å². The zero-order valence-electron chi connectivity index (χ0n) is 7.65. The zero-order valence-corrected chi connectivity index (χ0v) is 10.0. The number of thiophene rings is 1. The van der Waals surface area contributed by atoms with E-state index in [1.165, 1.54) is 11.3 Å². The average Bonchev–Trinajstić information content (AvgIpc) is 2.60. The molecule has 1 aromatic heterocycles. The van der Waals surface area contributed by atoms with Gasteiger partial charge in [0, 0.05) is 4.88 Å². The third kappa shape index (κ3) is 3.18. The Labute approximate surface area is 101 Å². The third-order valence-electron chi connectivity index (χ3n) is 1.63. The lowest BCUT2D eigenvalue weighted by Gasteiger charge is -2.14. The molecule has 0 saturated heterocycles. The Morgan fingerprint density at radius 1 is 1.50 bits per heavy atom. The Morgan fingerprint density at radius 2 is 2.12 bits per heavy atom. The Hall–Kier alpha value is -0.630. The first-order chi connectivity index (χ1) is 7.34. The molecule has 0 aliphatic carbocycles. The lowest BCUT2D eigenvalue weighted by Crippen LogP contribution is -2.44. The quantitative estimate of drug-likeness (QED) is 0.849. The maximum absolute atomic E-state index is 12.5. The Kier molecular flexibility index (Phi) is 4.31. The van der Waals surface area contributed by atoms with E-state index in [9.17, 15) is 22.4 Å². The van der Waals surface area contributed by atoms with Gasteiger partial charge in [0.1, 0.15) is 0 Å². The Morgan fingerprint density at radius 3 is 2.56 bits per heavy atom. The largest absolute Gasteiger partial charge is 0.383 e. The fraction of sp³-hybridized carbons (Fsp3) is 0.375. The van der Waals surface area contributed by atoms with E-state index < -0.39 is 18.3 Å². The average molecular weight is 320 g/mol. The van der Waals surface area contributed by atoms with Crippen LogP contribution in [0.2, 0.25) is 0 Å². The van der Waals surface area contributed by atoms with Gasteiger partial charge < -0.3 is 5.32 Å². The fourth-order valence-corrected chi connectivity index (χ4v) is 2.25. The summed E-state index contributed by atoms with van der Waals surface area (Å²) in [5.74, 6) is -6.61. The second-order valence-electron chi connectivity index (χ2n) is 2.81. The second-order valence-corrected chi connectivity index (χ2v) is 5.36. The van der Waals surface area contributed by atoms with E-state index in [1.807, 2.05) is 0 Å². The lowest BCUT2D eigenvalue weighted by molar-refractivity contribution is -0.169. The van der Waals surface area contributed by atoms with Gasteiger partial charge in [-0.3, -0.25) is 4.79 Å². The van der Waals surface area contributed by atoms with Crippen molar-refractivity contribution in [3.05, 3.63) is 20.8 Å². The number of rotatable bonds is 4. The molecule has 90 valence electrons. The molecule has 0 bridgehead atoms. The van der Waals surface area contributed by atoms with E-state index in [0.29, 0.717) is 4.88 Å². The third-order valence-corrected chi connectivity index (χ3v) is 3.25. The van der Waals surface area contributed by atoms with Crippen LogP contribution in [0.3, 0.4) is 0 Å². The first-order valence-electron chi connectivity index (χ1n) is 4.02. The van der Waals surface area contributed by atoms with E-state index >= 15 is 0 Å². The van der Waals surface area contributed by atoms with Gasteiger partial charge in [0.15, 0.2) is 0 Å². The minimum Gasteiger partial charge on any atom is -0.346 e. The molecule has 1 N–H and O–H groups in total. The number of hydrogen-bond donors (Lipinski definition) is 1. The van der Waals surface area contributed by atoms with Crippen molar-refractivity contribution >= 4 is 33.2 Å². The molecule has 8 heteroatoms. The minimum atomic E-state index is -4.64. The van der Waals surface area contributed by atoms with E-state index in [1.54, 1.807) is 17.4 Å². The summed E-state index contributed by atoms with van der Waals surface area (Å²) in [5, 5.41) is 1.75. The van der Waals surface area contributed by atoms with Crippen LogP contribution in [0, 0.1) is 0 Å². The number of alkyl halides is 4. The van der Waals surface area contributed by atoms with Crippen LogP contribution >= 0.6 is 27.3 Å². The molecule has 0 aliphatic rings. The second kappa shape index (κ2) is 5.13. The summed E-state index contributed by atoms with van der Waals surface area (Å²) in [4.78, 5) is 11.3.